The maximum Gasteiger partial charge on any atom is 0.277 e. The lowest BCUT2D eigenvalue weighted by atomic mass is 10.1. The van der Waals surface area contributed by atoms with E-state index in [2.05, 4.69) is 15.8 Å². The third kappa shape index (κ3) is 7.11. The maximum absolute atomic E-state index is 12.5. The van der Waals surface area contributed by atoms with Crippen molar-refractivity contribution in [3.8, 4) is 5.75 Å². The normalized spacial score (nSPS) is 11.1. The number of halogens is 4. The highest BCUT2D eigenvalue weighted by atomic mass is 35.5. The summed E-state index contributed by atoms with van der Waals surface area (Å²) in [6.07, 6.45) is 0. The molecule has 2 amide bonds. The Labute approximate surface area is 210 Å². The van der Waals surface area contributed by atoms with Crippen LogP contribution >= 0.6 is 46.4 Å². The number of amides is 2. The summed E-state index contributed by atoms with van der Waals surface area (Å²) in [4.78, 5) is 24.6. The third-order valence-corrected chi connectivity index (χ3v) is 5.39. The number of nitrogens with zero attached hydrogens (tertiary/aromatic N) is 1. The van der Waals surface area contributed by atoms with Crippen molar-refractivity contribution in [3.63, 3.8) is 0 Å². The lowest BCUT2D eigenvalue weighted by molar-refractivity contribution is -0.123. The molecule has 3 aromatic rings. The lowest BCUT2D eigenvalue weighted by Crippen LogP contribution is -2.25. The van der Waals surface area contributed by atoms with Crippen molar-refractivity contribution >= 4 is 69.6 Å². The third-order valence-electron chi connectivity index (χ3n) is 4.31. The molecule has 0 aliphatic carbocycles. The molecule has 0 spiro atoms. The topological polar surface area (TPSA) is 79.8 Å². The number of hydrogen-bond acceptors (Lipinski definition) is 4. The van der Waals surface area contributed by atoms with E-state index in [-0.39, 0.29) is 17.5 Å². The van der Waals surface area contributed by atoms with Crippen LogP contribution in [0.3, 0.4) is 0 Å². The first-order valence-corrected chi connectivity index (χ1v) is 11.0. The van der Waals surface area contributed by atoms with Crippen molar-refractivity contribution in [2.24, 2.45) is 5.10 Å². The van der Waals surface area contributed by atoms with Gasteiger partial charge in [-0.05, 0) is 61.0 Å². The first kappa shape index (κ1) is 24.9. The predicted octanol–water partition coefficient (Wildman–Crippen LogP) is 6.47. The standard InChI is InChI=1S/C23H17Cl4N3O3/c1-13(29-30-22(31)12-33-21-8-6-16(25)11-20(21)27)14-3-2-4-17(9-14)28-23(32)18-7-5-15(24)10-19(18)26/h2-11H,12H2,1H3,(H,28,32)(H,30,31)/b29-13-. The molecule has 0 saturated heterocycles. The van der Waals surface area contributed by atoms with Crippen molar-refractivity contribution in [2.75, 3.05) is 11.9 Å². The van der Waals surface area contributed by atoms with E-state index < -0.39 is 5.91 Å². The molecule has 0 aliphatic heterocycles. The number of rotatable bonds is 7. The van der Waals surface area contributed by atoms with Gasteiger partial charge in [0.25, 0.3) is 11.8 Å². The molecule has 0 unspecified atom stereocenters. The van der Waals surface area contributed by atoms with Crippen molar-refractivity contribution in [3.05, 3.63) is 91.9 Å². The Bertz CT molecular complexity index is 1230. The number of ether oxygens (including phenoxy) is 1. The van der Waals surface area contributed by atoms with Crippen LogP contribution < -0.4 is 15.5 Å². The molecule has 0 heterocycles. The Morgan fingerprint density at radius 1 is 0.909 bits per heavy atom. The molecule has 0 radical (unpaired) electrons. The monoisotopic (exact) mass is 523 g/mol. The fourth-order valence-corrected chi connectivity index (χ4v) is 3.63. The highest BCUT2D eigenvalue weighted by Crippen LogP contribution is 2.27. The number of hydrogen-bond donors (Lipinski definition) is 2. The SMILES string of the molecule is C/C(=N/NC(=O)COc1ccc(Cl)cc1Cl)c1cccc(NC(=O)c2ccc(Cl)cc2Cl)c1. The summed E-state index contributed by atoms with van der Waals surface area (Å²) in [7, 11) is 0. The van der Waals surface area contributed by atoms with Crippen molar-refractivity contribution in [1.29, 1.82) is 0 Å². The molecule has 6 nitrogen and oxygen atoms in total. The fourth-order valence-electron chi connectivity index (χ4n) is 2.67. The largest absolute Gasteiger partial charge is 0.482 e. The van der Waals surface area contributed by atoms with E-state index in [0.29, 0.717) is 43.3 Å². The van der Waals surface area contributed by atoms with Gasteiger partial charge in [0.2, 0.25) is 0 Å². The van der Waals surface area contributed by atoms with Gasteiger partial charge in [-0.3, -0.25) is 9.59 Å². The van der Waals surface area contributed by atoms with Gasteiger partial charge in [-0.1, -0.05) is 58.5 Å². The van der Waals surface area contributed by atoms with Crippen molar-refractivity contribution in [1.82, 2.24) is 5.43 Å². The van der Waals surface area contributed by atoms with Crippen LogP contribution in [-0.4, -0.2) is 24.1 Å². The molecule has 0 atom stereocenters. The van der Waals surface area contributed by atoms with E-state index in [0.717, 1.165) is 0 Å². The molecule has 2 N–H and O–H groups in total. The molecule has 3 aromatic carbocycles. The highest BCUT2D eigenvalue weighted by Gasteiger charge is 2.12. The zero-order chi connectivity index (χ0) is 24.0. The van der Waals surface area contributed by atoms with Gasteiger partial charge >= 0.3 is 0 Å². The molecule has 0 aliphatic rings. The van der Waals surface area contributed by atoms with E-state index >= 15 is 0 Å². The van der Waals surface area contributed by atoms with Crippen LogP contribution in [-0.2, 0) is 4.79 Å². The lowest BCUT2D eigenvalue weighted by Gasteiger charge is -2.09. The highest BCUT2D eigenvalue weighted by molar-refractivity contribution is 6.37. The Morgan fingerprint density at radius 3 is 2.30 bits per heavy atom. The second-order valence-corrected chi connectivity index (χ2v) is 8.44. The maximum atomic E-state index is 12.5. The van der Waals surface area contributed by atoms with E-state index in [4.69, 9.17) is 51.1 Å². The van der Waals surface area contributed by atoms with Gasteiger partial charge in [0, 0.05) is 15.7 Å². The number of hydrazone groups is 1. The van der Waals surface area contributed by atoms with Gasteiger partial charge in [0.05, 0.1) is 21.3 Å². The Kier molecular flexibility index (Phi) is 8.58. The Balaban J connectivity index is 1.60. The minimum Gasteiger partial charge on any atom is -0.482 e. The molecule has 170 valence electrons. The first-order valence-electron chi connectivity index (χ1n) is 9.51. The van der Waals surface area contributed by atoms with Crippen molar-refractivity contribution in [2.45, 2.75) is 6.92 Å². The summed E-state index contributed by atoms with van der Waals surface area (Å²) in [5.74, 6) is -0.516. The van der Waals surface area contributed by atoms with Crippen LogP contribution in [0.15, 0.2) is 65.8 Å². The second-order valence-electron chi connectivity index (χ2n) is 6.75. The molecular weight excluding hydrogens is 508 g/mol. The van der Waals surface area contributed by atoms with Crippen LogP contribution in [0.2, 0.25) is 20.1 Å². The van der Waals surface area contributed by atoms with E-state index in [1.54, 1.807) is 55.5 Å². The zero-order valence-corrected chi connectivity index (χ0v) is 20.2. The van der Waals surface area contributed by atoms with Crippen molar-refractivity contribution < 1.29 is 14.3 Å². The summed E-state index contributed by atoms with van der Waals surface area (Å²) in [6, 6.07) is 16.3. The molecular formula is C23H17Cl4N3O3. The summed E-state index contributed by atoms with van der Waals surface area (Å²) in [5, 5.41) is 8.31. The summed E-state index contributed by atoms with van der Waals surface area (Å²) in [6.45, 7) is 1.43. The minimum atomic E-state index is -0.470. The summed E-state index contributed by atoms with van der Waals surface area (Å²) < 4.78 is 5.38. The summed E-state index contributed by atoms with van der Waals surface area (Å²) in [5.41, 5.74) is 4.46. The molecule has 10 heteroatoms. The van der Waals surface area contributed by atoms with Gasteiger partial charge < -0.3 is 10.1 Å². The number of nitrogens with one attached hydrogen (secondary N) is 2. The van der Waals surface area contributed by atoms with Crippen LogP contribution in [0.25, 0.3) is 0 Å². The molecule has 33 heavy (non-hydrogen) atoms. The van der Waals surface area contributed by atoms with Crippen LogP contribution in [0.4, 0.5) is 5.69 Å². The minimum absolute atomic E-state index is 0.249. The molecule has 0 saturated carbocycles. The quantitative estimate of drug-likeness (QED) is 0.274. The summed E-state index contributed by atoms with van der Waals surface area (Å²) >= 11 is 23.8. The van der Waals surface area contributed by atoms with Gasteiger partial charge in [0.15, 0.2) is 6.61 Å². The number of carbonyl (C=O) groups is 2. The Hall–Kier alpha value is -2.77. The van der Waals surface area contributed by atoms with Crippen LogP contribution in [0.1, 0.15) is 22.8 Å². The van der Waals surface area contributed by atoms with Gasteiger partial charge in [-0.15, -0.1) is 0 Å². The van der Waals surface area contributed by atoms with Crippen LogP contribution in [0.5, 0.6) is 5.75 Å². The average molecular weight is 525 g/mol. The number of anilines is 1. The number of benzene rings is 3. The zero-order valence-electron chi connectivity index (χ0n) is 17.2. The van der Waals surface area contributed by atoms with Gasteiger partial charge in [-0.2, -0.15) is 5.10 Å². The van der Waals surface area contributed by atoms with E-state index in [1.165, 1.54) is 12.1 Å². The molecule has 0 bridgehead atoms. The van der Waals surface area contributed by atoms with Crippen LogP contribution in [0, 0.1) is 0 Å². The average Bonchev–Trinajstić information content (AvgIpc) is 2.77. The van der Waals surface area contributed by atoms with Gasteiger partial charge in [-0.25, -0.2) is 5.43 Å². The Morgan fingerprint density at radius 2 is 1.61 bits per heavy atom. The molecule has 0 fully saturated rings. The smallest absolute Gasteiger partial charge is 0.277 e. The second kappa shape index (κ2) is 11.4. The van der Waals surface area contributed by atoms with E-state index in [9.17, 15) is 9.59 Å². The molecule has 3 rings (SSSR count). The first-order chi connectivity index (χ1) is 15.7. The predicted molar refractivity (Wildman–Crippen MR) is 133 cm³/mol. The fraction of sp³-hybridized carbons (Fsp3) is 0.0870. The van der Waals surface area contributed by atoms with Gasteiger partial charge in [0.1, 0.15) is 5.75 Å². The molecule has 0 aromatic heterocycles. The number of carbonyl (C=O) groups excluding carboxylic acids is 2. The van der Waals surface area contributed by atoms with E-state index in [1.807, 2.05) is 0 Å².